The highest BCUT2D eigenvalue weighted by atomic mass is 19.1. The molecular weight excluding hydrogens is 297 g/mol. The zero-order chi connectivity index (χ0) is 15.8. The van der Waals surface area contributed by atoms with Crippen LogP contribution in [-0.4, -0.2) is 51.8 Å². The number of rotatable bonds is 4. The average molecular weight is 319 g/mol. The minimum Gasteiger partial charge on any atom is -0.378 e. The van der Waals surface area contributed by atoms with Gasteiger partial charge in [0.05, 0.1) is 18.9 Å². The van der Waals surface area contributed by atoms with Crippen LogP contribution < -0.4 is 15.5 Å². The molecule has 0 aromatic heterocycles. The Balaban J connectivity index is 1.36. The summed E-state index contributed by atoms with van der Waals surface area (Å²) in [4.78, 5) is 14.2. The lowest BCUT2D eigenvalue weighted by Gasteiger charge is -2.29. The van der Waals surface area contributed by atoms with Gasteiger partial charge >= 0.3 is 0 Å². The summed E-state index contributed by atoms with van der Waals surface area (Å²) in [5, 5.41) is 6.29. The van der Waals surface area contributed by atoms with Crippen molar-refractivity contribution in [2.45, 2.75) is 0 Å². The topological polar surface area (TPSA) is 53.6 Å². The van der Waals surface area contributed by atoms with Gasteiger partial charge in [-0.25, -0.2) is 4.39 Å². The second-order valence-corrected chi connectivity index (χ2v) is 6.63. The fourth-order valence-corrected chi connectivity index (χ4v) is 3.87. The molecule has 5 nitrogen and oxygen atoms in total. The van der Waals surface area contributed by atoms with Crippen molar-refractivity contribution >= 4 is 11.6 Å². The van der Waals surface area contributed by atoms with Crippen molar-refractivity contribution in [2.24, 2.45) is 17.8 Å². The van der Waals surface area contributed by atoms with Crippen molar-refractivity contribution in [3.63, 3.8) is 0 Å². The van der Waals surface area contributed by atoms with Gasteiger partial charge in [-0.05, 0) is 49.0 Å². The molecule has 4 rings (SSSR count). The number of ether oxygens (including phenoxy) is 1. The molecule has 1 aromatic carbocycles. The number of nitrogens with zero attached hydrogens (tertiary/aromatic N) is 1. The number of benzene rings is 1. The van der Waals surface area contributed by atoms with Crippen LogP contribution in [0.5, 0.6) is 0 Å². The highest BCUT2D eigenvalue weighted by Gasteiger charge is 2.52. The Morgan fingerprint density at radius 1 is 1.30 bits per heavy atom. The molecule has 2 N–H and O–H groups in total. The van der Waals surface area contributed by atoms with Crippen molar-refractivity contribution in [1.82, 2.24) is 10.6 Å². The number of piperidine rings is 1. The van der Waals surface area contributed by atoms with E-state index in [2.05, 4.69) is 10.6 Å². The Hall–Kier alpha value is -1.66. The smallest absolute Gasteiger partial charge is 0.251 e. The molecule has 6 heteroatoms. The summed E-state index contributed by atoms with van der Waals surface area (Å²) in [6.07, 6.45) is 0. The van der Waals surface area contributed by atoms with Gasteiger partial charge in [-0.15, -0.1) is 0 Å². The van der Waals surface area contributed by atoms with E-state index < -0.39 is 0 Å². The van der Waals surface area contributed by atoms with Crippen LogP contribution in [0.1, 0.15) is 10.4 Å². The molecule has 0 spiro atoms. The van der Waals surface area contributed by atoms with Gasteiger partial charge in [0.1, 0.15) is 5.82 Å². The van der Waals surface area contributed by atoms with Gasteiger partial charge in [0.2, 0.25) is 0 Å². The number of anilines is 1. The van der Waals surface area contributed by atoms with E-state index >= 15 is 0 Å². The van der Waals surface area contributed by atoms with Crippen LogP contribution in [0.2, 0.25) is 0 Å². The van der Waals surface area contributed by atoms with E-state index in [1.54, 1.807) is 12.1 Å². The lowest BCUT2D eigenvalue weighted by Crippen LogP contribution is -2.36. The second kappa shape index (κ2) is 6.09. The van der Waals surface area contributed by atoms with Crippen molar-refractivity contribution in [3.8, 4) is 0 Å². The van der Waals surface area contributed by atoms with Gasteiger partial charge in [0, 0.05) is 25.2 Å². The Kier molecular flexibility index (Phi) is 3.95. The number of nitrogens with one attached hydrogen (secondary N) is 2. The number of carbonyl (C=O) groups excluding carboxylic acids is 1. The Labute approximate surface area is 135 Å². The van der Waals surface area contributed by atoms with Gasteiger partial charge in [-0.1, -0.05) is 0 Å². The maximum Gasteiger partial charge on any atom is 0.251 e. The van der Waals surface area contributed by atoms with E-state index in [0.29, 0.717) is 50.0 Å². The maximum atomic E-state index is 14.3. The van der Waals surface area contributed by atoms with Crippen molar-refractivity contribution in [3.05, 3.63) is 29.6 Å². The summed E-state index contributed by atoms with van der Waals surface area (Å²) in [7, 11) is 0. The van der Waals surface area contributed by atoms with Crippen molar-refractivity contribution in [2.75, 3.05) is 50.8 Å². The zero-order valence-electron chi connectivity index (χ0n) is 13.1. The largest absolute Gasteiger partial charge is 0.378 e. The molecule has 2 heterocycles. The van der Waals surface area contributed by atoms with Gasteiger partial charge < -0.3 is 20.3 Å². The average Bonchev–Trinajstić information content (AvgIpc) is 3.01. The third kappa shape index (κ3) is 2.93. The molecular formula is C17H22FN3O2. The third-order valence-electron chi connectivity index (χ3n) is 5.33. The van der Waals surface area contributed by atoms with Gasteiger partial charge in [0.15, 0.2) is 0 Å². The number of hydrogen-bond donors (Lipinski definition) is 2. The SMILES string of the molecule is O=C(NCC1C2CNCC21)c1ccc(N2CCOCC2)c(F)c1. The quantitative estimate of drug-likeness (QED) is 0.864. The Bertz CT molecular complexity index is 594. The van der Waals surface area contributed by atoms with E-state index in [-0.39, 0.29) is 11.7 Å². The first-order valence-corrected chi connectivity index (χ1v) is 8.35. The van der Waals surface area contributed by atoms with Crippen LogP contribution in [0.3, 0.4) is 0 Å². The van der Waals surface area contributed by atoms with Crippen LogP contribution in [0.25, 0.3) is 0 Å². The molecule has 3 fully saturated rings. The molecule has 0 radical (unpaired) electrons. The molecule has 1 amide bonds. The van der Waals surface area contributed by atoms with Crippen LogP contribution in [0.4, 0.5) is 10.1 Å². The second-order valence-electron chi connectivity index (χ2n) is 6.63. The van der Waals surface area contributed by atoms with E-state index in [9.17, 15) is 9.18 Å². The van der Waals surface area contributed by atoms with Crippen LogP contribution in [0.15, 0.2) is 18.2 Å². The number of amides is 1. The summed E-state index contributed by atoms with van der Waals surface area (Å²) in [6, 6.07) is 4.75. The monoisotopic (exact) mass is 319 g/mol. The highest BCUT2D eigenvalue weighted by molar-refractivity contribution is 5.94. The summed E-state index contributed by atoms with van der Waals surface area (Å²) in [5.41, 5.74) is 0.941. The summed E-state index contributed by atoms with van der Waals surface area (Å²) >= 11 is 0. The van der Waals surface area contributed by atoms with Crippen LogP contribution in [-0.2, 0) is 4.74 Å². The Morgan fingerprint density at radius 2 is 2.04 bits per heavy atom. The van der Waals surface area contributed by atoms with Crippen LogP contribution >= 0.6 is 0 Å². The first-order valence-electron chi connectivity index (χ1n) is 8.35. The summed E-state index contributed by atoms with van der Waals surface area (Å²) in [6.45, 7) is 5.41. The minimum absolute atomic E-state index is 0.185. The van der Waals surface area contributed by atoms with E-state index in [4.69, 9.17) is 4.74 Å². The number of carbonyl (C=O) groups is 1. The standard InChI is InChI=1S/C17H22FN3O2/c18-15-7-11(1-2-16(15)21-3-5-23-6-4-21)17(22)20-10-14-12-8-19-9-13(12)14/h1-2,7,12-14,19H,3-6,8-10H2,(H,20,22). The first kappa shape index (κ1) is 14.9. The molecule has 1 saturated carbocycles. The fraction of sp³-hybridized carbons (Fsp3) is 0.588. The number of hydrogen-bond acceptors (Lipinski definition) is 4. The number of halogens is 1. The molecule has 1 aromatic rings. The Morgan fingerprint density at radius 3 is 2.74 bits per heavy atom. The van der Waals surface area contributed by atoms with Crippen molar-refractivity contribution in [1.29, 1.82) is 0 Å². The normalized spacial score (nSPS) is 29.3. The molecule has 2 atom stereocenters. The first-order chi connectivity index (χ1) is 11.2. The highest BCUT2D eigenvalue weighted by Crippen LogP contribution is 2.47. The van der Waals surface area contributed by atoms with Crippen LogP contribution in [0, 0.1) is 23.6 Å². The van der Waals surface area contributed by atoms with Gasteiger partial charge in [0.25, 0.3) is 5.91 Å². The molecule has 124 valence electrons. The van der Waals surface area contributed by atoms with Gasteiger partial charge in [-0.3, -0.25) is 4.79 Å². The van der Waals surface area contributed by atoms with Crippen molar-refractivity contribution < 1.29 is 13.9 Å². The van der Waals surface area contributed by atoms with E-state index in [1.165, 1.54) is 6.07 Å². The molecule has 23 heavy (non-hydrogen) atoms. The third-order valence-corrected chi connectivity index (χ3v) is 5.33. The molecule has 2 unspecified atom stereocenters. The fourth-order valence-electron chi connectivity index (χ4n) is 3.87. The zero-order valence-corrected chi connectivity index (χ0v) is 13.1. The predicted octanol–water partition coefficient (Wildman–Crippen LogP) is 0.857. The number of morpholine rings is 1. The lowest BCUT2D eigenvalue weighted by atomic mass is 10.1. The molecule has 2 aliphatic heterocycles. The maximum absolute atomic E-state index is 14.3. The van der Waals surface area contributed by atoms with Gasteiger partial charge in [-0.2, -0.15) is 0 Å². The lowest BCUT2D eigenvalue weighted by molar-refractivity contribution is 0.0950. The predicted molar refractivity (Wildman–Crippen MR) is 85.1 cm³/mol. The summed E-state index contributed by atoms with van der Waals surface area (Å²) in [5.74, 6) is 1.51. The van der Waals surface area contributed by atoms with E-state index in [1.807, 2.05) is 4.90 Å². The molecule has 3 aliphatic rings. The molecule has 0 bridgehead atoms. The summed E-state index contributed by atoms with van der Waals surface area (Å²) < 4.78 is 19.6. The minimum atomic E-state index is -0.341. The molecule has 1 aliphatic carbocycles. The molecule has 2 saturated heterocycles. The number of fused-ring (bicyclic) bond motifs is 1. The van der Waals surface area contributed by atoms with E-state index in [0.717, 1.165) is 24.9 Å².